The van der Waals surface area contributed by atoms with Crippen molar-refractivity contribution in [2.45, 2.75) is 43.0 Å². The zero-order valence-electron chi connectivity index (χ0n) is 15.7. The van der Waals surface area contributed by atoms with Crippen LogP contribution in [0.15, 0.2) is 30.3 Å². The number of carbonyl (C=O) groups is 1. The average molecular weight is 418 g/mol. The Balaban J connectivity index is 1.96. The van der Waals surface area contributed by atoms with Crippen molar-refractivity contribution in [1.82, 2.24) is 0 Å². The van der Waals surface area contributed by atoms with Crippen LogP contribution in [0, 0.1) is 0 Å². The summed E-state index contributed by atoms with van der Waals surface area (Å²) in [7, 11) is 0. The maximum absolute atomic E-state index is 13.1. The molecule has 0 saturated carbocycles. The van der Waals surface area contributed by atoms with E-state index in [1.54, 1.807) is 6.07 Å². The first-order chi connectivity index (χ1) is 14.3. The van der Waals surface area contributed by atoms with Crippen molar-refractivity contribution in [1.29, 1.82) is 0 Å². The van der Waals surface area contributed by atoms with E-state index < -0.39 is 61.2 Å². The van der Waals surface area contributed by atoms with Crippen molar-refractivity contribution >= 4 is 5.78 Å². The first kappa shape index (κ1) is 20.7. The van der Waals surface area contributed by atoms with Crippen LogP contribution in [0.3, 0.4) is 0 Å². The third-order valence-electron chi connectivity index (χ3n) is 5.85. The van der Waals surface area contributed by atoms with Crippen LogP contribution in [0.25, 0.3) is 0 Å². The second-order valence-electron chi connectivity index (χ2n) is 7.58. The highest BCUT2D eigenvalue weighted by molar-refractivity contribution is 6.16. The van der Waals surface area contributed by atoms with Crippen LogP contribution in [0.2, 0.25) is 0 Å². The number of benzene rings is 2. The second kappa shape index (κ2) is 7.62. The van der Waals surface area contributed by atoms with Gasteiger partial charge in [0.2, 0.25) is 5.78 Å². The summed E-state index contributed by atoms with van der Waals surface area (Å²) in [5.74, 6) is -2.34. The predicted molar refractivity (Wildman–Crippen MR) is 101 cm³/mol. The molecule has 1 aliphatic carbocycles. The maximum Gasteiger partial charge on any atom is 0.201 e. The fraction of sp³-hybridized carbons (Fsp3) is 0.381. The monoisotopic (exact) mass is 418 g/mol. The molecule has 160 valence electrons. The van der Waals surface area contributed by atoms with Gasteiger partial charge in [-0.2, -0.15) is 0 Å². The molecule has 0 bridgehead atoms. The number of ether oxygens (including phenoxy) is 1. The minimum absolute atomic E-state index is 0.0843. The van der Waals surface area contributed by atoms with Crippen LogP contribution in [0.5, 0.6) is 11.5 Å². The van der Waals surface area contributed by atoms with Gasteiger partial charge < -0.3 is 40.5 Å². The average Bonchev–Trinajstić information content (AvgIpc) is 2.73. The van der Waals surface area contributed by atoms with Crippen molar-refractivity contribution in [2.24, 2.45) is 0 Å². The Hall–Kier alpha value is -2.53. The minimum atomic E-state index is -1.64. The fourth-order valence-corrected chi connectivity index (χ4v) is 4.41. The summed E-state index contributed by atoms with van der Waals surface area (Å²) in [4.78, 5) is 13.1. The molecule has 0 radical (unpaired) electrons. The van der Waals surface area contributed by atoms with E-state index in [2.05, 4.69) is 0 Å². The van der Waals surface area contributed by atoms with Crippen LogP contribution >= 0.6 is 0 Å². The van der Waals surface area contributed by atoms with Gasteiger partial charge in [0, 0.05) is 5.92 Å². The molecule has 5 unspecified atom stereocenters. The predicted octanol–water partition coefficient (Wildman–Crippen LogP) is -0.891. The summed E-state index contributed by atoms with van der Waals surface area (Å²) >= 11 is 0. The molecule has 9 heteroatoms. The Labute approximate surface area is 171 Å². The summed E-state index contributed by atoms with van der Waals surface area (Å²) in [6.45, 7) is -1.06. The Bertz CT molecular complexity index is 987. The fourth-order valence-electron chi connectivity index (χ4n) is 4.41. The molecule has 6 atom stereocenters. The lowest BCUT2D eigenvalue weighted by Gasteiger charge is -2.45. The topological polar surface area (TPSA) is 168 Å². The van der Waals surface area contributed by atoms with Gasteiger partial charge in [0.15, 0.2) is 0 Å². The number of phenols is 2. The number of carbonyl (C=O) groups excluding carboxylic acids is 1. The number of fused-ring (bicyclic) bond motifs is 2. The van der Waals surface area contributed by atoms with Gasteiger partial charge in [-0.05, 0) is 28.8 Å². The van der Waals surface area contributed by atoms with E-state index in [1.807, 2.05) is 0 Å². The quantitative estimate of drug-likeness (QED) is 0.334. The van der Waals surface area contributed by atoms with E-state index in [1.165, 1.54) is 24.3 Å². The van der Waals surface area contributed by atoms with Crippen LogP contribution in [0.4, 0.5) is 0 Å². The number of phenolic OH excluding ortho intramolecular Hbond substituents is 2. The van der Waals surface area contributed by atoms with E-state index >= 15 is 0 Å². The molecule has 30 heavy (non-hydrogen) atoms. The largest absolute Gasteiger partial charge is 0.507 e. The van der Waals surface area contributed by atoms with E-state index in [0.29, 0.717) is 5.56 Å². The Morgan fingerprint density at radius 3 is 2.23 bits per heavy atom. The van der Waals surface area contributed by atoms with E-state index in [0.717, 1.165) is 0 Å². The van der Waals surface area contributed by atoms with Gasteiger partial charge in [-0.15, -0.1) is 0 Å². The van der Waals surface area contributed by atoms with Crippen molar-refractivity contribution in [2.75, 3.05) is 6.61 Å². The summed E-state index contributed by atoms with van der Waals surface area (Å²) in [6.07, 6.45) is -7.22. The smallest absolute Gasteiger partial charge is 0.201 e. The maximum atomic E-state index is 13.1. The first-order valence-corrected chi connectivity index (χ1v) is 9.43. The lowest BCUT2D eigenvalue weighted by Crippen LogP contribution is -2.60. The molecular weight excluding hydrogens is 396 g/mol. The van der Waals surface area contributed by atoms with Gasteiger partial charge in [-0.3, -0.25) is 4.79 Å². The van der Waals surface area contributed by atoms with Gasteiger partial charge >= 0.3 is 0 Å². The standard InChI is InChI=1S/C21H22O9/c22-6-8-4-10-14(21-20(29)19(28)17(26)13(7-23)30-21)9-2-1-3-11(24)15(9)18(27)16(10)12(25)5-8/h1-5,13-14,17,19-26,28-29H,6-7H2/t13?,14-,17?,19?,20?,21?/m1/s1. The molecule has 2 aromatic rings. The Morgan fingerprint density at radius 2 is 1.57 bits per heavy atom. The molecule has 9 nitrogen and oxygen atoms in total. The second-order valence-corrected chi connectivity index (χ2v) is 7.58. The zero-order valence-corrected chi connectivity index (χ0v) is 15.7. The number of aromatic hydroxyl groups is 2. The molecule has 1 heterocycles. The third-order valence-corrected chi connectivity index (χ3v) is 5.85. The number of aliphatic hydroxyl groups excluding tert-OH is 5. The van der Waals surface area contributed by atoms with E-state index in [4.69, 9.17) is 4.74 Å². The van der Waals surface area contributed by atoms with Crippen LogP contribution < -0.4 is 0 Å². The molecule has 7 N–H and O–H groups in total. The van der Waals surface area contributed by atoms with Gasteiger partial charge in [-0.25, -0.2) is 0 Å². The molecule has 2 aromatic carbocycles. The molecule has 1 fully saturated rings. The molecule has 2 aliphatic rings. The van der Waals surface area contributed by atoms with Crippen LogP contribution in [-0.2, 0) is 11.3 Å². The summed E-state index contributed by atoms with van der Waals surface area (Å²) in [5.41, 5.74) is 0.609. The molecule has 0 aromatic heterocycles. The lowest BCUT2D eigenvalue weighted by molar-refractivity contribution is -0.232. The molecule has 1 aliphatic heterocycles. The Kier molecular flexibility index (Phi) is 5.27. The lowest BCUT2D eigenvalue weighted by atomic mass is 9.71. The number of hydrogen-bond donors (Lipinski definition) is 7. The van der Waals surface area contributed by atoms with E-state index in [9.17, 15) is 40.5 Å². The van der Waals surface area contributed by atoms with Gasteiger partial charge in [0.1, 0.15) is 35.9 Å². The highest BCUT2D eigenvalue weighted by Gasteiger charge is 2.50. The SMILES string of the molecule is O=C1c2c(O)cccc2[C@@H](C2OC(CO)C(O)C(O)C2O)c2cc(CO)cc(O)c21. The molecule has 4 rings (SSSR count). The zero-order chi connectivity index (χ0) is 21.7. The van der Waals surface area contributed by atoms with Gasteiger partial charge in [-0.1, -0.05) is 18.2 Å². The summed E-state index contributed by atoms with van der Waals surface area (Å²) in [6, 6.07) is 7.06. The van der Waals surface area contributed by atoms with E-state index in [-0.39, 0.29) is 28.0 Å². The third kappa shape index (κ3) is 2.99. The molecular formula is C21H22O9. The molecule has 0 spiro atoms. The molecule has 1 saturated heterocycles. The number of aliphatic hydroxyl groups is 5. The van der Waals surface area contributed by atoms with Crippen molar-refractivity contribution < 1.29 is 45.3 Å². The van der Waals surface area contributed by atoms with Crippen molar-refractivity contribution in [3.8, 4) is 11.5 Å². The van der Waals surface area contributed by atoms with Crippen molar-refractivity contribution in [3.63, 3.8) is 0 Å². The first-order valence-electron chi connectivity index (χ1n) is 9.43. The highest BCUT2D eigenvalue weighted by atomic mass is 16.5. The summed E-state index contributed by atoms with van der Waals surface area (Å²) < 4.78 is 5.73. The highest BCUT2D eigenvalue weighted by Crippen LogP contribution is 2.47. The number of hydrogen-bond acceptors (Lipinski definition) is 9. The number of rotatable bonds is 3. The Morgan fingerprint density at radius 1 is 0.867 bits per heavy atom. The normalized spacial score (nSPS) is 30.6. The molecule has 0 amide bonds. The van der Waals surface area contributed by atoms with Gasteiger partial charge in [0.05, 0.1) is 30.4 Å². The van der Waals surface area contributed by atoms with Crippen LogP contribution in [0.1, 0.15) is 38.5 Å². The summed E-state index contributed by atoms with van der Waals surface area (Å²) in [5, 5.41) is 71.0. The number of ketones is 1. The van der Waals surface area contributed by atoms with Crippen LogP contribution in [-0.4, -0.2) is 78.7 Å². The van der Waals surface area contributed by atoms with Gasteiger partial charge in [0.25, 0.3) is 0 Å². The minimum Gasteiger partial charge on any atom is -0.507 e. The van der Waals surface area contributed by atoms with Crippen molar-refractivity contribution in [3.05, 3.63) is 58.1 Å².